The number of imidazole rings is 1. The lowest BCUT2D eigenvalue weighted by Crippen LogP contribution is -2.51. The molecule has 1 aliphatic rings. The molecule has 1 atom stereocenters. The number of sulfonamides is 1. The summed E-state index contributed by atoms with van der Waals surface area (Å²) >= 11 is 0. The van der Waals surface area contributed by atoms with E-state index in [4.69, 9.17) is 0 Å². The summed E-state index contributed by atoms with van der Waals surface area (Å²) in [5.41, 5.74) is 0. The van der Waals surface area contributed by atoms with Gasteiger partial charge in [-0.25, -0.2) is 13.4 Å². The Morgan fingerprint density at radius 2 is 2.10 bits per heavy atom. The van der Waals surface area contributed by atoms with E-state index in [2.05, 4.69) is 4.98 Å². The second-order valence-corrected chi connectivity index (χ2v) is 7.07. The van der Waals surface area contributed by atoms with E-state index in [1.165, 1.54) is 21.7 Å². The minimum absolute atomic E-state index is 0.00143. The largest absolute Gasteiger partial charge is 0.347 e. The van der Waals surface area contributed by atoms with E-state index in [1.54, 1.807) is 25.7 Å². The SMILES string of the molecule is CN(C)C(=O)[C@H]1CCCCN1S(=O)(=O)c1cn(C)cn1. The van der Waals surface area contributed by atoms with Crippen LogP contribution in [0.4, 0.5) is 0 Å². The van der Waals surface area contributed by atoms with Crippen LogP contribution in [-0.2, 0) is 21.9 Å². The first kappa shape index (κ1) is 15.0. The highest BCUT2D eigenvalue weighted by molar-refractivity contribution is 7.89. The molecule has 20 heavy (non-hydrogen) atoms. The molecule has 1 fully saturated rings. The summed E-state index contributed by atoms with van der Waals surface area (Å²) in [6.45, 7) is 0.364. The van der Waals surface area contributed by atoms with E-state index in [0.717, 1.165) is 12.8 Å². The standard InChI is InChI=1S/C12H20N4O3S/c1-14(2)12(17)10-6-4-5-7-16(10)20(18,19)11-8-15(3)9-13-11/h8-10H,4-7H2,1-3H3/t10-/m1/s1. The van der Waals surface area contributed by atoms with E-state index in [-0.39, 0.29) is 10.9 Å². The Morgan fingerprint density at radius 1 is 1.40 bits per heavy atom. The topological polar surface area (TPSA) is 75.5 Å². The van der Waals surface area contributed by atoms with Crippen molar-refractivity contribution in [2.75, 3.05) is 20.6 Å². The highest BCUT2D eigenvalue weighted by atomic mass is 32.2. The van der Waals surface area contributed by atoms with Crippen LogP contribution < -0.4 is 0 Å². The third kappa shape index (κ3) is 2.71. The quantitative estimate of drug-likeness (QED) is 0.790. The molecule has 0 N–H and O–H groups in total. The van der Waals surface area contributed by atoms with E-state index >= 15 is 0 Å². The van der Waals surface area contributed by atoms with Crippen molar-refractivity contribution in [1.29, 1.82) is 0 Å². The monoisotopic (exact) mass is 300 g/mol. The highest BCUT2D eigenvalue weighted by Gasteiger charge is 2.39. The van der Waals surface area contributed by atoms with E-state index in [1.807, 2.05) is 0 Å². The lowest BCUT2D eigenvalue weighted by Gasteiger charge is -2.34. The summed E-state index contributed by atoms with van der Waals surface area (Å²) in [6.07, 6.45) is 5.09. The van der Waals surface area contributed by atoms with Crippen molar-refractivity contribution in [1.82, 2.24) is 18.8 Å². The predicted octanol–water partition coefficient (Wildman–Crippen LogP) is 0.0515. The number of nitrogens with zero attached hydrogens (tertiary/aromatic N) is 4. The van der Waals surface area contributed by atoms with Crippen molar-refractivity contribution < 1.29 is 13.2 Å². The number of piperidine rings is 1. The van der Waals surface area contributed by atoms with Crippen molar-refractivity contribution in [3.8, 4) is 0 Å². The van der Waals surface area contributed by atoms with Gasteiger partial charge >= 0.3 is 0 Å². The molecule has 2 heterocycles. The van der Waals surface area contributed by atoms with E-state index in [9.17, 15) is 13.2 Å². The van der Waals surface area contributed by atoms with Gasteiger partial charge in [-0.1, -0.05) is 6.42 Å². The van der Waals surface area contributed by atoms with Crippen molar-refractivity contribution in [2.24, 2.45) is 7.05 Å². The van der Waals surface area contributed by atoms with Gasteiger partial charge in [-0.05, 0) is 12.8 Å². The molecule has 0 spiro atoms. The number of hydrogen-bond donors (Lipinski definition) is 0. The molecule has 0 radical (unpaired) electrons. The number of likely N-dealkylation sites (N-methyl/N-ethyl adjacent to an activating group) is 1. The fourth-order valence-electron chi connectivity index (χ4n) is 2.38. The Balaban J connectivity index is 2.34. The molecule has 1 aromatic rings. The Labute approximate surface area is 119 Å². The predicted molar refractivity (Wildman–Crippen MR) is 73.4 cm³/mol. The number of aryl methyl sites for hydroxylation is 1. The van der Waals surface area contributed by atoms with Gasteiger partial charge in [0.25, 0.3) is 10.0 Å². The van der Waals surface area contributed by atoms with Crippen LogP contribution in [0.2, 0.25) is 0 Å². The lowest BCUT2D eigenvalue weighted by atomic mass is 10.0. The van der Waals surface area contributed by atoms with E-state index < -0.39 is 16.1 Å². The smallest absolute Gasteiger partial charge is 0.262 e. The normalized spacial score (nSPS) is 20.9. The summed E-state index contributed by atoms with van der Waals surface area (Å²) in [4.78, 5) is 17.5. The number of amides is 1. The first-order valence-corrected chi connectivity index (χ1v) is 7.99. The van der Waals surface area contributed by atoms with Gasteiger partial charge in [-0.15, -0.1) is 0 Å². The summed E-state index contributed by atoms with van der Waals surface area (Å²) < 4.78 is 28.1. The van der Waals surface area contributed by atoms with Gasteiger partial charge in [0.15, 0.2) is 5.03 Å². The van der Waals surface area contributed by atoms with Gasteiger partial charge < -0.3 is 9.47 Å². The fourth-order valence-corrected chi connectivity index (χ4v) is 4.00. The molecule has 2 rings (SSSR count). The maximum absolute atomic E-state index is 12.6. The van der Waals surface area contributed by atoms with Crippen LogP contribution in [0.5, 0.6) is 0 Å². The van der Waals surface area contributed by atoms with E-state index in [0.29, 0.717) is 13.0 Å². The zero-order valence-electron chi connectivity index (χ0n) is 12.0. The van der Waals surface area contributed by atoms with Crippen LogP contribution in [0.3, 0.4) is 0 Å². The fraction of sp³-hybridized carbons (Fsp3) is 0.667. The van der Waals surface area contributed by atoms with Crippen LogP contribution in [0.15, 0.2) is 17.6 Å². The number of rotatable bonds is 3. The van der Waals surface area contributed by atoms with Crippen molar-refractivity contribution >= 4 is 15.9 Å². The molecule has 1 saturated heterocycles. The first-order valence-electron chi connectivity index (χ1n) is 6.55. The first-order chi connectivity index (χ1) is 9.34. The number of aromatic nitrogens is 2. The molecule has 8 heteroatoms. The van der Waals surface area contributed by atoms with Gasteiger partial charge in [-0.3, -0.25) is 4.79 Å². The Morgan fingerprint density at radius 3 is 2.65 bits per heavy atom. The molecule has 0 unspecified atom stereocenters. The summed E-state index contributed by atoms with van der Waals surface area (Å²) in [5.74, 6) is -0.177. The molecule has 1 aromatic heterocycles. The number of carbonyl (C=O) groups excluding carboxylic acids is 1. The molecule has 1 amide bonds. The molecule has 112 valence electrons. The van der Waals surface area contributed by atoms with Crippen molar-refractivity contribution in [2.45, 2.75) is 30.3 Å². The van der Waals surface area contributed by atoms with Gasteiger partial charge in [0.1, 0.15) is 6.04 Å². The zero-order chi connectivity index (χ0) is 14.9. The molecular formula is C12H20N4O3S. The van der Waals surface area contributed by atoms with Crippen molar-refractivity contribution in [3.63, 3.8) is 0 Å². The van der Waals surface area contributed by atoms with Crippen LogP contribution in [0, 0.1) is 0 Å². The summed E-state index contributed by atoms with van der Waals surface area (Å²) in [6, 6.07) is -0.620. The summed E-state index contributed by atoms with van der Waals surface area (Å²) in [7, 11) is 1.28. The Kier molecular flexibility index (Phi) is 4.14. The molecule has 0 bridgehead atoms. The average Bonchev–Trinajstić information content (AvgIpc) is 2.85. The van der Waals surface area contributed by atoms with Crippen LogP contribution >= 0.6 is 0 Å². The third-order valence-electron chi connectivity index (χ3n) is 3.43. The molecule has 0 saturated carbocycles. The molecule has 0 aromatic carbocycles. The number of carbonyl (C=O) groups is 1. The Bertz CT molecular complexity index is 594. The lowest BCUT2D eigenvalue weighted by molar-refractivity contribution is -0.133. The highest BCUT2D eigenvalue weighted by Crippen LogP contribution is 2.25. The second-order valence-electron chi connectivity index (χ2n) is 5.24. The van der Waals surface area contributed by atoms with Crippen LogP contribution in [-0.4, -0.2) is 59.8 Å². The van der Waals surface area contributed by atoms with Crippen LogP contribution in [0.1, 0.15) is 19.3 Å². The second kappa shape index (κ2) is 5.53. The molecular weight excluding hydrogens is 280 g/mol. The zero-order valence-corrected chi connectivity index (χ0v) is 12.8. The maximum Gasteiger partial charge on any atom is 0.262 e. The number of hydrogen-bond acceptors (Lipinski definition) is 4. The van der Waals surface area contributed by atoms with Gasteiger partial charge in [-0.2, -0.15) is 4.31 Å². The molecule has 1 aliphatic heterocycles. The molecule has 7 nitrogen and oxygen atoms in total. The van der Waals surface area contributed by atoms with Gasteiger partial charge in [0.2, 0.25) is 5.91 Å². The van der Waals surface area contributed by atoms with Gasteiger partial charge in [0, 0.05) is 33.9 Å². The molecule has 0 aliphatic carbocycles. The van der Waals surface area contributed by atoms with Gasteiger partial charge in [0.05, 0.1) is 6.33 Å². The minimum atomic E-state index is -3.72. The summed E-state index contributed by atoms with van der Waals surface area (Å²) in [5, 5.41) is -0.00143. The maximum atomic E-state index is 12.6. The Hall–Kier alpha value is -1.41. The van der Waals surface area contributed by atoms with Crippen LogP contribution in [0.25, 0.3) is 0 Å². The third-order valence-corrected chi connectivity index (χ3v) is 5.23. The van der Waals surface area contributed by atoms with Crippen molar-refractivity contribution in [3.05, 3.63) is 12.5 Å². The minimum Gasteiger partial charge on any atom is -0.347 e. The average molecular weight is 300 g/mol.